The monoisotopic (exact) mass is 455 g/mol. The second kappa shape index (κ2) is 11.6. The van der Waals surface area contributed by atoms with Gasteiger partial charge in [-0.1, -0.05) is 80.8 Å². The minimum atomic E-state index is -0.734. The van der Waals surface area contributed by atoms with Gasteiger partial charge in [-0.15, -0.1) is 6.58 Å². The molecule has 2 heterocycles. The van der Waals surface area contributed by atoms with Crippen molar-refractivity contribution >= 4 is 17.7 Å². The van der Waals surface area contributed by atoms with Crippen LogP contribution in [0.2, 0.25) is 0 Å². The first-order chi connectivity index (χ1) is 15.6. The summed E-state index contributed by atoms with van der Waals surface area (Å²) < 4.78 is 11.2. The summed E-state index contributed by atoms with van der Waals surface area (Å²) in [5, 5.41) is 0.395. The molecule has 0 aliphatic carbocycles. The van der Waals surface area contributed by atoms with Crippen LogP contribution in [-0.4, -0.2) is 28.3 Å². The molecule has 0 unspecified atom stereocenters. The Labute approximate surface area is 192 Å². The van der Waals surface area contributed by atoms with Crippen LogP contribution < -0.4 is 16.0 Å². The molecule has 1 aromatic heterocycles. The molecule has 1 aliphatic heterocycles. The summed E-state index contributed by atoms with van der Waals surface area (Å²) in [7, 11) is 0. The van der Waals surface area contributed by atoms with Gasteiger partial charge in [-0.3, -0.25) is 4.79 Å². The summed E-state index contributed by atoms with van der Waals surface area (Å²) in [6.07, 6.45) is 6.90. The summed E-state index contributed by atoms with van der Waals surface area (Å²) >= 11 is 1.32. The lowest BCUT2D eigenvalue weighted by atomic mass is 9.84. The van der Waals surface area contributed by atoms with Crippen LogP contribution in [-0.2, 0) is 9.53 Å². The lowest BCUT2D eigenvalue weighted by molar-refractivity contribution is -0.139. The van der Waals surface area contributed by atoms with E-state index in [-0.39, 0.29) is 28.5 Å². The average molecular weight is 456 g/mol. The highest BCUT2D eigenvalue weighted by Crippen LogP contribution is 2.40. The third-order valence-corrected chi connectivity index (χ3v) is 5.99. The van der Waals surface area contributed by atoms with Crippen molar-refractivity contribution in [1.82, 2.24) is 9.97 Å². The highest BCUT2D eigenvalue weighted by atomic mass is 32.2. The van der Waals surface area contributed by atoms with E-state index in [0.29, 0.717) is 17.5 Å². The van der Waals surface area contributed by atoms with E-state index in [1.54, 1.807) is 6.08 Å². The van der Waals surface area contributed by atoms with Crippen molar-refractivity contribution in [1.29, 1.82) is 0 Å². The summed E-state index contributed by atoms with van der Waals surface area (Å²) in [5.74, 6) is -0.738. The molecule has 0 fully saturated rings. The molecule has 0 radical (unpaired) electrons. The number of hydrogen-bond acceptors (Lipinski definition) is 7. The van der Waals surface area contributed by atoms with Crippen LogP contribution in [0.15, 0.2) is 64.4 Å². The Morgan fingerprint density at radius 1 is 1.28 bits per heavy atom. The Bertz CT molecular complexity index is 1030. The molecule has 0 saturated heterocycles. The van der Waals surface area contributed by atoms with Crippen molar-refractivity contribution in [3.05, 3.63) is 75.9 Å². The Morgan fingerprint density at radius 3 is 2.75 bits per heavy atom. The summed E-state index contributed by atoms with van der Waals surface area (Å²) in [6.45, 7) is 6.11. The number of rotatable bonds is 11. The van der Waals surface area contributed by atoms with Gasteiger partial charge in [0.2, 0.25) is 11.8 Å². The molecule has 0 spiro atoms. The van der Waals surface area contributed by atoms with Gasteiger partial charge in [0.25, 0.3) is 5.56 Å². The molecule has 2 aromatic rings. The number of thioether (sulfide) groups is 1. The van der Waals surface area contributed by atoms with E-state index in [1.165, 1.54) is 11.8 Å². The Balaban J connectivity index is 1.92. The van der Waals surface area contributed by atoms with E-state index >= 15 is 0 Å². The normalized spacial score (nSPS) is 15.1. The highest BCUT2D eigenvalue weighted by molar-refractivity contribution is 7.99. The van der Waals surface area contributed by atoms with Crippen LogP contribution in [0.3, 0.4) is 0 Å². The standard InChI is InChI=1S/C24H29N3O4S/c1-3-5-6-7-11-14-30-23(29)18-17(16-12-9-8-10-13-16)19-21(28)26-24(32-15-4-2)27-22(19)31-20(18)25/h4,8-10,12-13,17H,2-3,5-7,11,14-15,25H2,1H3,(H,26,27,28)/t17-/m1/s1. The van der Waals surface area contributed by atoms with Crippen LogP contribution in [0.25, 0.3) is 0 Å². The van der Waals surface area contributed by atoms with Gasteiger partial charge in [-0.2, -0.15) is 4.98 Å². The van der Waals surface area contributed by atoms with Crippen molar-refractivity contribution in [2.45, 2.75) is 50.1 Å². The molecular formula is C24H29N3O4S. The number of aromatic amines is 1. The molecule has 0 amide bonds. The van der Waals surface area contributed by atoms with E-state index in [2.05, 4.69) is 23.5 Å². The number of nitrogens with two attached hydrogens (primary N) is 1. The second-order valence-corrected chi connectivity index (χ2v) is 8.47. The zero-order chi connectivity index (χ0) is 22.9. The third-order valence-electron chi connectivity index (χ3n) is 5.12. The molecule has 8 heteroatoms. The fourth-order valence-electron chi connectivity index (χ4n) is 3.57. The number of aromatic nitrogens is 2. The van der Waals surface area contributed by atoms with Gasteiger partial charge in [-0.05, 0) is 12.0 Å². The predicted octanol–water partition coefficient (Wildman–Crippen LogP) is 4.26. The first kappa shape index (κ1) is 23.7. The van der Waals surface area contributed by atoms with E-state index in [4.69, 9.17) is 15.2 Å². The van der Waals surface area contributed by atoms with Gasteiger partial charge in [0.05, 0.1) is 18.1 Å². The van der Waals surface area contributed by atoms with Gasteiger partial charge in [0.1, 0.15) is 5.57 Å². The van der Waals surface area contributed by atoms with Crippen LogP contribution in [0, 0.1) is 0 Å². The van der Waals surface area contributed by atoms with Gasteiger partial charge in [0.15, 0.2) is 5.16 Å². The first-order valence-corrected chi connectivity index (χ1v) is 11.8. The minimum absolute atomic E-state index is 0.0971. The second-order valence-electron chi connectivity index (χ2n) is 7.46. The van der Waals surface area contributed by atoms with Gasteiger partial charge in [0, 0.05) is 5.75 Å². The topological polar surface area (TPSA) is 107 Å². The molecule has 1 aliphatic rings. The van der Waals surface area contributed by atoms with Crippen molar-refractivity contribution < 1.29 is 14.3 Å². The van der Waals surface area contributed by atoms with Crippen LogP contribution in [0.5, 0.6) is 5.88 Å². The van der Waals surface area contributed by atoms with Crippen molar-refractivity contribution in [2.75, 3.05) is 12.4 Å². The fourth-order valence-corrected chi connectivity index (χ4v) is 4.16. The van der Waals surface area contributed by atoms with E-state index < -0.39 is 11.9 Å². The highest BCUT2D eigenvalue weighted by Gasteiger charge is 2.38. The fraction of sp³-hybridized carbons (Fsp3) is 0.375. The van der Waals surface area contributed by atoms with Crippen LogP contribution in [0.4, 0.5) is 0 Å². The lowest BCUT2D eigenvalue weighted by Crippen LogP contribution is -2.32. The van der Waals surface area contributed by atoms with Crippen LogP contribution >= 0.6 is 11.8 Å². The average Bonchev–Trinajstić information content (AvgIpc) is 2.79. The number of esters is 1. The number of benzene rings is 1. The van der Waals surface area contributed by atoms with Gasteiger partial charge in [-0.25, -0.2) is 4.79 Å². The number of ether oxygens (including phenoxy) is 2. The summed E-state index contributed by atoms with van der Waals surface area (Å²) in [4.78, 5) is 33.2. The number of carbonyl (C=O) groups excluding carboxylic acids is 1. The SMILES string of the molecule is C=CCSc1nc2c(c(=O)[nH]1)[C@H](c1ccccc1)C(C(=O)OCCCCCCC)=C(N)O2. The molecule has 0 bridgehead atoms. The molecule has 0 saturated carbocycles. The molecule has 3 rings (SSSR count). The Hall–Kier alpha value is -3.00. The van der Waals surface area contributed by atoms with Crippen LogP contribution in [0.1, 0.15) is 56.1 Å². The van der Waals surface area contributed by atoms with E-state index in [1.807, 2.05) is 30.3 Å². The lowest BCUT2D eigenvalue weighted by Gasteiger charge is -2.27. The third kappa shape index (κ3) is 5.62. The number of nitrogens with one attached hydrogen (secondary N) is 1. The number of unbranched alkanes of at least 4 members (excludes halogenated alkanes) is 4. The van der Waals surface area contributed by atoms with Crippen molar-refractivity contribution in [3.8, 4) is 5.88 Å². The van der Waals surface area contributed by atoms with E-state index in [0.717, 1.165) is 37.7 Å². The summed E-state index contributed by atoms with van der Waals surface area (Å²) in [5.41, 5.74) is 6.88. The Kier molecular flexibility index (Phi) is 8.56. The molecule has 170 valence electrons. The number of carbonyl (C=O) groups is 1. The minimum Gasteiger partial charge on any atom is -0.462 e. The molecule has 3 N–H and O–H groups in total. The number of H-pyrrole nitrogens is 1. The molecule has 1 atom stereocenters. The van der Waals surface area contributed by atoms with Crippen molar-refractivity contribution in [3.63, 3.8) is 0 Å². The number of hydrogen-bond donors (Lipinski definition) is 2. The number of nitrogens with zero attached hydrogens (tertiary/aromatic N) is 1. The molecule has 1 aromatic carbocycles. The largest absolute Gasteiger partial charge is 0.462 e. The molecular weight excluding hydrogens is 426 g/mol. The maximum atomic E-state index is 13.0. The smallest absolute Gasteiger partial charge is 0.340 e. The van der Waals surface area contributed by atoms with Gasteiger partial charge < -0.3 is 20.2 Å². The quantitative estimate of drug-likeness (QED) is 0.171. The van der Waals surface area contributed by atoms with Gasteiger partial charge >= 0.3 is 5.97 Å². The van der Waals surface area contributed by atoms with Crippen molar-refractivity contribution in [2.24, 2.45) is 5.73 Å². The number of fused-ring (bicyclic) bond motifs is 1. The zero-order valence-electron chi connectivity index (χ0n) is 18.3. The molecule has 7 nitrogen and oxygen atoms in total. The maximum absolute atomic E-state index is 13.0. The zero-order valence-corrected chi connectivity index (χ0v) is 19.1. The predicted molar refractivity (Wildman–Crippen MR) is 126 cm³/mol. The molecule has 32 heavy (non-hydrogen) atoms. The van der Waals surface area contributed by atoms with E-state index in [9.17, 15) is 9.59 Å². The Morgan fingerprint density at radius 2 is 2.03 bits per heavy atom. The maximum Gasteiger partial charge on any atom is 0.340 e. The first-order valence-electron chi connectivity index (χ1n) is 10.8. The summed E-state index contributed by atoms with van der Waals surface area (Å²) in [6, 6.07) is 9.22.